The maximum atomic E-state index is 10.4. The van der Waals surface area contributed by atoms with Crippen LogP contribution in [0.4, 0.5) is 0 Å². The third-order valence-corrected chi connectivity index (χ3v) is 1.30. The van der Waals surface area contributed by atoms with Crippen molar-refractivity contribution >= 4 is 5.97 Å². The number of dihydropyridines is 1. The number of carboxylic acids is 1. The molecule has 0 amide bonds. The Bertz CT molecular complexity index is 206. The first-order chi connectivity index (χ1) is 4.70. The molecule has 0 bridgehead atoms. The van der Waals surface area contributed by atoms with E-state index in [1.807, 2.05) is 13.0 Å². The highest BCUT2D eigenvalue weighted by atomic mass is 16.4. The molecule has 0 saturated carbocycles. The maximum absolute atomic E-state index is 10.4. The van der Waals surface area contributed by atoms with Gasteiger partial charge in [0.15, 0.2) is 0 Å². The molecule has 1 unspecified atom stereocenters. The second-order valence-corrected chi connectivity index (χ2v) is 2.19. The first kappa shape index (κ1) is 6.86. The van der Waals surface area contributed by atoms with E-state index in [1.54, 1.807) is 12.2 Å². The monoisotopic (exact) mass is 139 g/mol. The van der Waals surface area contributed by atoms with Gasteiger partial charge in [-0.3, -0.25) is 0 Å². The van der Waals surface area contributed by atoms with Crippen LogP contribution >= 0.6 is 0 Å². The van der Waals surface area contributed by atoms with Gasteiger partial charge in [0, 0.05) is 5.70 Å². The third-order valence-electron chi connectivity index (χ3n) is 1.30. The van der Waals surface area contributed by atoms with E-state index >= 15 is 0 Å². The van der Waals surface area contributed by atoms with E-state index in [0.29, 0.717) is 0 Å². The Kier molecular flexibility index (Phi) is 1.76. The lowest BCUT2D eigenvalue weighted by Crippen LogP contribution is -2.34. The van der Waals surface area contributed by atoms with Crippen LogP contribution in [-0.4, -0.2) is 17.1 Å². The largest absolute Gasteiger partial charge is 0.479 e. The normalized spacial score (nSPS) is 23.3. The molecule has 1 heterocycles. The van der Waals surface area contributed by atoms with Gasteiger partial charge in [-0.15, -0.1) is 0 Å². The van der Waals surface area contributed by atoms with Crippen molar-refractivity contribution in [2.75, 3.05) is 0 Å². The van der Waals surface area contributed by atoms with Crippen LogP contribution in [0.3, 0.4) is 0 Å². The van der Waals surface area contributed by atoms with Crippen molar-refractivity contribution in [1.29, 1.82) is 0 Å². The summed E-state index contributed by atoms with van der Waals surface area (Å²) in [5.41, 5.74) is 0.884. The Morgan fingerprint density at radius 3 is 2.90 bits per heavy atom. The number of rotatable bonds is 1. The molecule has 0 spiro atoms. The number of aliphatic carboxylic acids is 1. The average molecular weight is 139 g/mol. The minimum absolute atomic E-state index is 0.551. The van der Waals surface area contributed by atoms with Crippen LogP contribution in [0.25, 0.3) is 0 Å². The fourth-order valence-electron chi connectivity index (χ4n) is 0.797. The molecule has 3 nitrogen and oxygen atoms in total. The van der Waals surface area contributed by atoms with Crippen LogP contribution in [0, 0.1) is 0 Å². The average Bonchev–Trinajstić information content (AvgIpc) is 1.88. The number of allylic oxidation sites excluding steroid dienone is 3. The second-order valence-electron chi connectivity index (χ2n) is 2.19. The smallest absolute Gasteiger partial charge is 0.330 e. The molecule has 1 atom stereocenters. The van der Waals surface area contributed by atoms with Gasteiger partial charge in [0.05, 0.1) is 0 Å². The number of carbonyl (C=O) groups is 1. The molecular weight excluding hydrogens is 130 g/mol. The van der Waals surface area contributed by atoms with Gasteiger partial charge in [0.1, 0.15) is 6.04 Å². The number of hydrogen-bond acceptors (Lipinski definition) is 2. The summed E-state index contributed by atoms with van der Waals surface area (Å²) >= 11 is 0. The number of hydrogen-bond donors (Lipinski definition) is 2. The third kappa shape index (κ3) is 1.37. The molecule has 1 aliphatic rings. The van der Waals surface area contributed by atoms with E-state index in [0.717, 1.165) is 5.70 Å². The summed E-state index contributed by atoms with van der Waals surface area (Å²) in [5.74, 6) is -0.844. The Balaban J connectivity index is 2.64. The molecule has 3 heteroatoms. The molecule has 0 fully saturated rings. The maximum Gasteiger partial charge on any atom is 0.330 e. The highest BCUT2D eigenvalue weighted by Crippen LogP contribution is 2.00. The van der Waals surface area contributed by atoms with Gasteiger partial charge >= 0.3 is 5.97 Å². The minimum Gasteiger partial charge on any atom is -0.479 e. The van der Waals surface area contributed by atoms with Crippen molar-refractivity contribution in [3.05, 3.63) is 23.9 Å². The molecule has 0 aliphatic carbocycles. The summed E-state index contributed by atoms with van der Waals surface area (Å²) in [5, 5.41) is 11.3. The highest BCUT2D eigenvalue weighted by Gasteiger charge is 2.13. The van der Waals surface area contributed by atoms with Crippen molar-refractivity contribution in [2.45, 2.75) is 13.0 Å². The number of carboxylic acid groups (broad SMARTS) is 1. The van der Waals surface area contributed by atoms with Gasteiger partial charge in [-0.25, -0.2) is 4.79 Å². The summed E-state index contributed by atoms with van der Waals surface area (Å²) in [6, 6.07) is -0.551. The predicted octanol–water partition coefficient (Wildman–Crippen LogP) is 0.503. The summed E-state index contributed by atoms with van der Waals surface area (Å²) in [6.45, 7) is 1.83. The zero-order chi connectivity index (χ0) is 7.56. The lowest BCUT2D eigenvalue weighted by atomic mass is 10.2. The van der Waals surface area contributed by atoms with Crippen molar-refractivity contribution in [1.82, 2.24) is 5.32 Å². The van der Waals surface area contributed by atoms with E-state index in [2.05, 4.69) is 5.32 Å². The van der Waals surface area contributed by atoms with Crippen LogP contribution < -0.4 is 5.32 Å². The molecule has 0 radical (unpaired) electrons. The van der Waals surface area contributed by atoms with Gasteiger partial charge in [0.2, 0.25) is 0 Å². The molecule has 54 valence electrons. The fourth-order valence-corrected chi connectivity index (χ4v) is 0.797. The van der Waals surface area contributed by atoms with E-state index in [9.17, 15) is 4.79 Å². The predicted molar refractivity (Wildman–Crippen MR) is 37.5 cm³/mol. The van der Waals surface area contributed by atoms with E-state index in [4.69, 9.17) is 5.11 Å². The minimum atomic E-state index is -0.844. The quantitative estimate of drug-likeness (QED) is 0.556. The highest BCUT2D eigenvalue weighted by molar-refractivity contribution is 5.76. The molecule has 1 aliphatic heterocycles. The first-order valence-corrected chi connectivity index (χ1v) is 3.04. The van der Waals surface area contributed by atoms with Gasteiger partial charge < -0.3 is 10.4 Å². The molecule has 0 saturated heterocycles. The SMILES string of the molecule is CC1=CC=CC(C(=O)O)N1. The van der Waals surface area contributed by atoms with Crippen molar-refractivity contribution < 1.29 is 9.90 Å². The van der Waals surface area contributed by atoms with Crippen LogP contribution in [-0.2, 0) is 4.79 Å². The van der Waals surface area contributed by atoms with E-state index in [1.165, 1.54) is 0 Å². The van der Waals surface area contributed by atoms with Crippen LogP contribution in [0.1, 0.15) is 6.92 Å². The summed E-state index contributed by atoms with van der Waals surface area (Å²) in [4.78, 5) is 10.4. The molecular formula is C7H9NO2. The summed E-state index contributed by atoms with van der Waals surface area (Å²) in [6.07, 6.45) is 5.18. The Morgan fingerprint density at radius 1 is 1.80 bits per heavy atom. The Labute approximate surface area is 59.0 Å². The van der Waals surface area contributed by atoms with Crippen LogP contribution in [0.2, 0.25) is 0 Å². The Morgan fingerprint density at radius 2 is 2.50 bits per heavy atom. The zero-order valence-electron chi connectivity index (χ0n) is 5.66. The summed E-state index contributed by atoms with van der Waals surface area (Å²) < 4.78 is 0. The molecule has 10 heavy (non-hydrogen) atoms. The van der Waals surface area contributed by atoms with E-state index < -0.39 is 12.0 Å². The van der Waals surface area contributed by atoms with Gasteiger partial charge in [-0.05, 0) is 13.0 Å². The van der Waals surface area contributed by atoms with Crippen LogP contribution in [0.5, 0.6) is 0 Å². The molecule has 2 N–H and O–H groups in total. The lowest BCUT2D eigenvalue weighted by molar-refractivity contribution is -0.138. The topological polar surface area (TPSA) is 49.3 Å². The van der Waals surface area contributed by atoms with Gasteiger partial charge in [-0.2, -0.15) is 0 Å². The van der Waals surface area contributed by atoms with Crippen molar-refractivity contribution in [2.24, 2.45) is 0 Å². The lowest BCUT2D eigenvalue weighted by Gasteiger charge is -2.14. The molecule has 1 rings (SSSR count). The van der Waals surface area contributed by atoms with Crippen LogP contribution in [0.15, 0.2) is 23.9 Å². The standard InChI is InChI=1S/C7H9NO2/c1-5-3-2-4-6(8-5)7(9)10/h2-4,6,8H,1H3,(H,9,10). The molecule has 0 aromatic carbocycles. The van der Waals surface area contributed by atoms with Gasteiger partial charge in [-0.1, -0.05) is 12.2 Å². The molecule has 0 aromatic heterocycles. The van der Waals surface area contributed by atoms with Gasteiger partial charge in [0.25, 0.3) is 0 Å². The zero-order valence-corrected chi connectivity index (χ0v) is 5.66. The first-order valence-electron chi connectivity index (χ1n) is 3.04. The number of nitrogens with one attached hydrogen (secondary N) is 1. The summed E-state index contributed by atoms with van der Waals surface area (Å²) in [7, 11) is 0. The van der Waals surface area contributed by atoms with Crippen molar-refractivity contribution in [3.8, 4) is 0 Å². The van der Waals surface area contributed by atoms with Crippen molar-refractivity contribution in [3.63, 3.8) is 0 Å². The second kappa shape index (κ2) is 2.56. The fraction of sp³-hybridized carbons (Fsp3) is 0.286. The molecule has 0 aromatic rings. The van der Waals surface area contributed by atoms with E-state index in [-0.39, 0.29) is 0 Å². The Hall–Kier alpha value is -1.25.